The molecule has 2 rings (SSSR count). The van der Waals surface area contributed by atoms with Gasteiger partial charge in [-0.25, -0.2) is 17.9 Å². The summed E-state index contributed by atoms with van der Waals surface area (Å²) in [4.78, 5) is 10.7. The molecule has 0 atom stereocenters. The molecule has 3 N–H and O–H groups in total. The summed E-state index contributed by atoms with van der Waals surface area (Å²) in [7, 11) is -3.65. The van der Waals surface area contributed by atoms with E-state index in [0.717, 1.165) is 35.1 Å². The second-order valence-electron chi connectivity index (χ2n) is 4.47. The summed E-state index contributed by atoms with van der Waals surface area (Å²) in [6, 6.07) is 1.16. The van der Waals surface area contributed by atoms with Gasteiger partial charge in [-0.3, -0.25) is 5.10 Å². The van der Waals surface area contributed by atoms with Crippen molar-refractivity contribution >= 4 is 27.3 Å². The van der Waals surface area contributed by atoms with Gasteiger partial charge in [0.25, 0.3) is 0 Å². The Morgan fingerprint density at radius 3 is 2.86 bits per heavy atom. The first kappa shape index (κ1) is 15.7. The van der Waals surface area contributed by atoms with E-state index in [9.17, 15) is 13.2 Å². The molecule has 0 aliphatic heterocycles. The number of carbonyl (C=O) groups is 1. The standard InChI is InChI=1S/C12H15N3O4S2/c1-8-9(6-13-15-8)3-2-4-14-21(18,19)10-5-11(12(16)17)20-7-10/h5-7,14H,2-4H2,1H3,(H,13,15)(H,16,17). The normalized spacial score (nSPS) is 11.7. The van der Waals surface area contributed by atoms with E-state index in [0.29, 0.717) is 6.42 Å². The molecule has 2 aromatic heterocycles. The molecule has 0 aromatic carbocycles. The van der Waals surface area contributed by atoms with Gasteiger partial charge >= 0.3 is 5.97 Å². The number of aryl methyl sites for hydroxylation is 2. The van der Waals surface area contributed by atoms with Crippen LogP contribution in [0.2, 0.25) is 0 Å². The molecule has 0 amide bonds. The maximum Gasteiger partial charge on any atom is 0.345 e. The van der Waals surface area contributed by atoms with Crippen molar-refractivity contribution in [2.24, 2.45) is 0 Å². The number of sulfonamides is 1. The van der Waals surface area contributed by atoms with Gasteiger partial charge in [0.2, 0.25) is 10.0 Å². The van der Waals surface area contributed by atoms with Crippen LogP contribution in [0.4, 0.5) is 0 Å². The summed E-state index contributed by atoms with van der Waals surface area (Å²) in [5, 5.41) is 16.8. The Morgan fingerprint density at radius 1 is 1.52 bits per heavy atom. The van der Waals surface area contributed by atoms with Crippen molar-refractivity contribution in [3.05, 3.63) is 33.8 Å². The Balaban J connectivity index is 1.89. The highest BCUT2D eigenvalue weighted by Gasteiger charge is 2.17. The van der Waals surface area contributed by atoms with Crippen molar-refractivity contribution in [3.63, 3.8) is 0 Å². The van der Waals surface area contributed by atoms with Crippen LogP contribution in [0.25, 0.3) is 0 Å². The number of H-pyrrole nitrogens is 1. The number of hydrogen-bond donors (Lipinski definition) is 3. The number of nitrogens with zero attached hydrogens (tertiary/aromatic N) is 1. The summed E-state index contributed by atoms with van der Waals surface area (Å²) in [5.74, 6) is -1.13. The zero-order valence-corrected chi connectivity index (χ0v) is 12.9. The Bertz CT molecular complexity index is 733. The first-order chi connectivity index (χ1) is 9.90. The van der Waals surface area contributed by atoms with Crippen molar-refractivity contribution in [2.45, 2.75) is 24.7 Å². The molecule has 9 heteroatoms. The summed E-state index contributed by atoms with van der Waals surface area (Å²) in [6.45, 7) is 2.19. The highest BCUT2D eigenvalue weighted by atomic mass is 32.2. The average molecular weight is 329 g/mol. The number of nitrogens with one attached hydrogen (secondary N) is 2. The fourth-order valence-corrected chi connectivity index (χ4v) is 3.95. The fraction of sp³-hybridized carbons (Fsp3) is 0.333. The molecular formula is C12H15N3O4S2. The summed E-state index contributed by atoms with van der Waals surface area (Å²) in [6.07, 6.45) is 3.08. The number of carboxylic acid groups (broad SMARTS) is 1. The molecule has 114 valence electrons. The van der Waals surface area contributed by atoms with E-state index in [2.05, 4.69) is 14.9 Å². The Hall–Kier alpha value is -1.71. The number of aromatic carboxylic acids is 1. The Morgan fingerprint density at radius 2 is 2.29 bits per heavy atom. The summed E-state index contributed by atoms with van der Waals surface area (Å²) >= 11 is 0.893. The maximum absolute atomic E-state index is 12.0. The van der Waals surface area contributed by atoms with Gasteiger partial charge in [0, 0.05) is 17.6 Å². The van der Waals surface area contributed by atoms with Gasteiger partial charge in [0.15, 0.2) is 0 Å². The van der Waals surface area contributed by atoms with Crippen LogP contribution in [0.3, 0.4) is 0 Å². The van der Waals surface area contributed by atoms with Gasteiger partial charge < -0.3 is 5.11 Å². The van der Waals surface area contributed by atoms with Crippen LogP contribution in [0.1, 0.15) is 27.3 Å². The predicted molar refractivity (Wildman–Crippen MR) is 78.1 cm³/mol. The van der Waals surface area contributed by atoms with E-state index >= 15 is 0 Å². The second kappa shape index (κ2) is 6.37. The van der Waals surface area contributed by atoms with Crippen LogP contribution < -0.4 is 4.72 Å². The number of thiophene rings is 1. The molecule has 0 unspecified atom stereocenters. The molecule has 0 aliphatic rings. The van der Waals surface area contributed by atoms with Crippen LogP contribution in [0, 0.1) is 6.92 Å². The van der Waals surface area contributed by atoms with Gasteiger partial charge in [0.1, 0.15) is 4.88 Å². The average Bonchev–Trinajstić information content (AvgIpc) is 3.04. The van der Waals surface area contributed by atoms with Gasteiger partial charge in [-0.15, -0.1) is 11.3 Å². The van der Waals surface area contributed by atoms with Gasteiger partial charge in [-0.2, -0.15) is 5.10 Å². The smallest absolute Gasteiger partial charge is 0.345 e. The molecule has 7 nitrogen and oxygen atoms in total. The third-order valence-corrected chi connectivity index (χ3v) is 5.45. The van der Waals surface area contributed by atoms with Crippen LogP contribution in [0.15, 0.2) is 22.5 Å². The minimum Gasteiger partial charge on any atom is -0.477 e. The molecule has 0 bridgehead atoms. The molecule has 2 heterocycles. The highest BCUT2D eigenvalue weighted by molar-refractivity contribution is 7.89. The van der Waals surface area contributed by atoms with Crippen LogP contribution in [-0.2, 0) is 16.4 Å². The van der Waals surface area contributed by atoms with Crippen molar-refractivity contribution in [1.29, 1.82) is 0 Å². The SMILES string of the molecule is Cc1[nH]ncc1CCCNS(=O)(=O)c1csc(C(=O)O)c1. The predicted octanol–water partition coefficient (Wildman–Crippen LogP) is 1.39. The monoisotopic (exact) mass is 329 g/mol. The molecule has 21 heavy (non-hydrogen) atoms. The molecule has 0 aliphatic carbocycles. The minimum atomic E-state index is -3.65. The highest BCUT2D eigenvalue weighted by Crippen LogP contribution is 2.19. The largest absolute Gasteiger partial charge is 0.477 e. The lowest BCUT2D eigenvalue weighted by molar-refractivity contribution is 0.0702. The molecule has 0 saturated carbocycles. The van der Waals surface area contributed by atoms with E-state index in [1.165, 1.54) is 5.38 Å². The minimum absolute atomic E-state index is 0.00407. The number of rotatable bonds is 7. The molecule has 0 fully saturated rings. The van der Waals surface area contributed by atoms with Gasteiger partial charge in [-0.1, -0.05) is 0 Å². The van der Waals surface area contributed by atoms with Crippen molar-refractivity contribution in [2.75, 3.05) is 6.54 Å². The second-order valence-corrected chi connectivity index (χ2v) is 7.15. The lowest BCUT2D eigenvalue weighted by Gasteiger charge is -2.04. The third-order valence-electron chi connectivity index (χ3n) is 2.95. The number of hydrogen-bond acceptors (Lipinski definition) is 5. The quantitative estimate of drug-likeness (QED) is 0.665. The molecule has 2 aromatic rings. The van der Waals surface area contributed by atoms with Crippen molar-refractivity contribution in [3.8, 4) is 0 Å². The van der Waals surface area contributed by atoms with E-state index < -0.39 is 16.0 Å². The van der Waals surface area contributed by atoms with Crippen molar-refractivity contribution < 1.29 is 18.3 Å². The van der Waals surface area contributed by atoms with E-state index in [1.54, 1.807) is 6.20 Å². The number of aromatic nitrogens is 2. The van der Waals surface area contributed by atoms with Crippen LogP contribution in [-0.4, -0.2) is 36.2 Å². The first-order valence-corrected chi connectivity index (χ1v) is 8.57. The Labute approximate surface area is 126 Å². The Kier molecular flexibility index (Phi) is 4.76. The van der Waals surface area contributed by atoms with E-state index in [4.69, 9.17) is 5.11 Å². The lowest BCUT2D eigenvalue weighted by atomic mass is 10.1. The fourth-order valence-electron chi connectivity index (χ4n) is 1.77. The van der Waals surface area contributed by atoms with Crippen LogP contribution >= 0.6 is 11.3 Å². The third kappa shape index (κ3) is 3.90. The lowest BCUT2D eigenvalue weighted by Crippen LogP contribution is -2.24. The molecular weight excluding hydrogens is 314 g/mol. The number of aromatic amines is 1. The molecule has 0 radical (unpaired) electrons. The van der Waals surface area contributed by atoms with Crippen LogP contribution in [0.5, 0.6) is 0 Å². The molecule has 0 saturated heterocycles. The zero-order valence-electron chi connectivity index (χ0n) is 11.3. The van der Waals surface area contributed by atoms with Gasteiger partial charge in [-0.05, 0) is 31.4 Å². The first-order valence-electron chi connectivity index (χ1n) is 6.20. The summed E-state index contributed by atoms with van der Waals surface area (Å²) in [5.41, 5.74) is 2.03. The van der Waals surface area contributed by atoms with Crippen molar-refractivity contribution in [1.82, 2.24) is 14.9 Å². The topological polar surface area (TPSA) is 112 Å². The van der Waals surface area contributed by atoms with Gasteiger partial charge in [0.05, 0.1) is 11.1 Å². The molecule has 0 spiro atoms. The van der Waals surface area contributed by atoms with E-state index in [1.807, 2.05) is 6.92 Å². The maximum atomic E-state index is 12.0. The summed E-state index contributed by atoms with van der Waals surface area (Å²) < 4.78 is 26.4. The zero-order chi connectivity index (χ0) is 15.5. The number of carboxylic acids is 1. The van der Waals surface area contributed by atoms with E-state index in [-0.39, 0.29) is 16.3 Å².